The monoisotopic (exact) mass is 352 g/mol. The van der Waals surface area contributed by atoms with E-state index in [1.807, 2.05) is 25.2 Å². The Balaban J connectivity index is 1.64. The minimum Gasteiger partial charge on any atom is -0.340 e. The van der Waals surface area contributed by atoms with Gasteiger partial charge >= 0.3 is 0 Å². The Morgan fingerprint density at radius 1 is 1.04 bits per heavy atom. The first-order valence-corrected chi connectivity index (χ1v) is 9.74. The van der Waals surface area contributed by atoms with Gasteiger partial charge in [0.15, 0.2) is 0 Å². The first kappa shape index (κ1) is 14.3. The van der Waals surface area contributed by atoms with Crippen LogP contribution in [0.1, 0.15) is 27.7 Å². The molecule has 1 aromatic carbocycles. The maximum Gasteiger partial charge on any atom is 0.143 e. The van der Waals surface area contributed by atoms with Crippen LogP contribution < -0.4 is 5.32 Å². The maximum absolute atomic E-state index is 4.70. The van der Waals surface area contributed by atoms with Gasteiger partial charge in [0, 0.05) is 10.6 Å². The van der Waals surface area contributed by atoms with Crippen molar-refractivity contribution >= 4 is 54.6 Å². The van der Waals surface area contributed by atoms with E-state index in [1.54, 1.807) is 11.3 Å². The van der Waals surface area contributed by atoms with Crippen molar-refractivity contribution in [3.05, 3.63) is 39.5 Å². The van der Waals surface area contributed by atoms with E-state index in [0.29, 0.717) is 0 Å². The van der Waals surface area contributed by atoms with Gasteiger partial charge < -0.3 is 5.32 Å². The Labute approximate surface area is 147 Å². The molecule has 1 aliphatic carbocycles. The smallest absolute Gasteiger partial charge is 0.143 e. The number of aromatic nitrogens is 3. The summed E-state index contributed by atoms with van der Waals surface area (Å²) in [6.07, 6.45) is 3.57. The first-order chi connectivity index (χ1) is 11.7. The fourth-order valence-corrected chi connectivity index (χ4v) is 5.62. The van der Waals surface area contributed by atoms with Crippen LogP contribution >= 0.6 is 22.7 Å². The van der Waals surface area contributed by atoms with Gasteiger partial charge in [-0.3, -0.25) is 0 Å². The molecule has 0 spiro atoms. The number of anilines is 2. The van der Waals surface area contributed by atoms with Crippen LogP contribution in [0.5, 0.6) is 0 Å². The molecule has 5 rings (SSSR count). The minimum atomic E-state index is 0.819. The molecule has 0 fully saturated rings. The zero-order chi connectivity index (χ0) is 16.3. The van der Waals surface area contributed by atoms with Gasteiger partial charge in [-0.2, -0.15) is 0 Å². The summed E-state index contributed by atoms with van der Waals surface area (Å²) in [5, 5.41) is 5.86. The Kier molecular flexibility index (Phi) is 3.11. The van der Waals surface area contributed by atoms with Crippen LogP contribution in [0.15, 0.2) is 18.2 Å². The fourth-order valence-electron chi connectivity index (χ4n) is 3.45. The summed E-state index contributed by atoms with van der Waals surface area (Å²) in [5.41, 5.74) is 3.57. The molecule has 0 aliphatic heterocycles. The van der Waals surface area contributed by atoms with Gasteiger partial charge in [0.05, 0.1) is 20.6 Å². The van der Waals surface area contributed by atoms with Gasteiger partial charge in [-0.15, -0.1) is 22.7 Å². The van der Waals surface area contributed by atoms with Crippen molar-refractivity contribution in [2.45, 2.75) is 33.1 Å². The van der Waals surface area contributed by atoms with Crippen molar-refractivity contribution in [2.75, 3.05) is 5.32 Å². The molecule has 3 aromatic heterocycles. The molecular formula is C18H16N4S2. The second kappa shape index (κ2) is 5.22. The molecule has 6 heteroatoms. The fraction of sp³-hybridized carbons (Fsp3) is 0.278. The summed E-state index contributed by atoms with van der Waals surface area (Å²) >= 11 is 3.56. The highest BCUT2D eigenvalue weighted by molar-refractivity contribution is 7.19. The number of fused-ring (bicyclic) bond motifs is 4. The summed E-state index contributed by atoms with van der Waals surface area (Å²) in [7, 11) is 0. The highest BCUT2D eigenvalue weighted by Crippen LogP contribution is 2.40. The second-order valence-corrected chi connectivity index (χ2v) is 8.52. The van der Waals surface area contributed by atoms with Crippen molar-refractivity contribution in [1.82, 2.24) is 15.0 Å². The van der Waals surface area contributed by atoms with E-state index >= 15 is 0 Å². The van der Waals surface area contributed by atoms with Gasteiger partial charge in [-0.05, 0) is 56.9 Å². The van der Waals surface area contributed by atoms with E-state index in [4.69, 9.17) is 4.98 Å². The molecule has 3 heterocycles. The molecule has 120 valence electrons. The van der Waals surface area contributed by atoms with Crippen molar-refractivity contribution in [3.63, 3.8) is 0 Å². The lowest BCUT2D eigenvalue weighted by atomic mass is 10.2. The van der Waals surface area contributed by atoms with E-state index in [2.05, 4.69) is 33.5 Å². The largest absolute Gasteiger partial charge is 0.340 e. The summed E-state index contributed by atoms with van der Waals surface area (Å²) < 4.78 is 1.20. The number of aryl methyl sites for hydroxylation is 4. The minimum absolute atomic E-state index is 0.819. The number of nitrogens with zero attached hydrogens (tertiary/aromatic N) is 3. The number of hydrogen-bond donors (Lipinski definition) is 1. The molecule has 4 aromatic rings. The van der Waals surface area contributed by atoms with Crippen molar-refractivity contribution in [2.24, 2.45) is 0 Å². The molecule has 4 nitrogen and oxygen atoms in total. The highest BCUT2D eigenvalue weighted by Gasteiger charge is 2.22. The topological polar surface area (TPSA) is 50.7 Å². The number of thiophene rings is 1. The number of nitrogens with one attached hydrogen (secondary N) is 1. The summed E-state index contributed by atoms with van der Waals surface area (Å²) in [5.74, 6) is 1.76. The molecule has 0 radical (unpaired) electrons. The Hall–Kier alpha value is -2.05. The zero-order valence-electron chi connectivity index (χ0n) is 13.5. The molecule has 0 unspecified atom stereocenters. The average molecular weight is 352 g/mol. The van der Waals surface area contributed by atoms with Crippen molar-refractivity contribution in [1.29, 1.82) is 0 Å². The first-order valence-electron chi connectivity index (χ1n) is 8.10. The predicted octanol–water partition coefficient (Wildman–Crippen LogP) is 5.15. The molecule has 0 amide bonds. The van der Waals surface area contributed by atoms with Crippen LogP contribution in [-0.2, 0) is 12.8 Å². The van der Waals surface area contributed by atoms with Gasteiger partial charge in [0.2, 0.25) is 0 Å². The van der Waals surface area contributed by atoms with Gasteiger partial charge in [-0.1, -0.05) is 0 Å². The highest BCUT2D eigenvalue weighted by atomic mass is 32.1. The molecule has 1 aliphatic rings. The van der Waals surface area contributed by atoms with Gasteiger partial charge in [0.1, 0.15) is 16.5 Å². The van der Waals surface area contributed by atoms with Crippen LogP contribution in [0.4, 0.5) is 11.5 Å². The third-order valence-electron chi connectivity index (χ3n) is 4.43. The third-order valence-corrected chi connectivity index (χ3v) is 6.55. The van der Waals surface area contributed by atoms with Crippen LogP contribution in [0.2, 0.25) is 0 Å². The van der Waals surface area contributed by atoms with Gasteiger partial charge in [0.25, 0.3) is 0 Å². The Bertz CT molecular complexity index is 1090. The normalized spacial score (nSPS) is 13.8. The standard InChI is InChI=1S/C18H16N4S2/c1-9-19-17(16-12-4-3-5-14(12)24-18(16)20-9)22-11-6-7-13-15(8-11)23-10(2)21-13/h6-8H,3-5H2,1-2H3,(H,19,20,22). The molecule has 0 saturated heterocycles. The number of rotatable bonds is 2. The van der Waals surface area contributed by atoms with Crippen LogP contribution in [0, 0.1) is 13.8 Å². The number of thiazole rings is 1. The predicted molar refractivity (Wildman–Crippen MR) is 102 cm³/mol. The molecule has 24 heavy (non-hydrogen) atoms. The maximum atomic E-state index is 4.70. The quantitative estimate of drug-likeness (QED) is 0.542. The van der Waals surface area contributed by atoms with Crippen molar-refractivity contribution < 1.29 is 0 Å². The van der Waals surface area contributed by atoms with E-state index in [9.17, 15) is 0 Å². The van der Waals surface area contributed by atoms with E-state index < -0.39 is 0 Å². The zero-order valence-corrected chi connectivity index (χ0v) is 15.1. The molecule has 0 saturated carbocycles. The number of hydrogen-bond acceptors (Lipinski definition) is 6. The Morgan fingerprint density at radius 2 is 1.96 bits per heavy atom. The molecule has 0 atom stereocenters. The van der Waals surface area contributed by atoms with Crippen LogP contribution in [0.3, 0.4) is 0 Å². The third kappa shape index (κ3) is 2.21. The summed E-state index contributed by atoms with van der Waals surface area (Å²) in [6.45, 7) is 4.01. The number of benzene rings is 1. The van der Waals surface area contributed by atoms with Crippen molar-refractivity contribution in [3.8, 4) is 0 Å². The van der Waals surface area contributed by atoms with E-state index in [-0.39, 0.29) is 0 Å². The lowest BCUT2D eigenvalue weighted by molar-refractivity contribution is 0.917. The SMILES string of the molecule is Cc1nc(Nc2ccc3nc(C)sc3c2)c2c3c(sc2n1)CCC3. The lowest BCUT2D eigenvalue weighted by Crippen LogP contribution is -1.98. The van der Waals surface area contributed by atoms with E-state index in [1.165, 1.54) is 33.4 Å². The second-order valence-electron chi connectivity index (χ2n) is 6.20. The van der Waals surface area contributed by atoms with E-state index in [0.717, 1.165) is 39.1 Å². The summed E-state index contributed by atoms with van der Waals surface area (Å²) in [6, 6.07) is 6.32. The lowest BCUT2D eigenvalue weighted by Gasteiger charge is -2.09. The Morgan fingerprint density at radius 3 is 2.88 bits per heavy atom. The van der Waals surface area contributed by atoms with Gasteiger partial charge in [-0.25, -0.2) is 15.0 Å². The molecule has 0 bridgehead atoms. The molecular weight excluding hydrogens is 336 g/mol. The molecule has 1 N–H and O–H groups in total. The van der Waals surface area contributed by atoms with Crippen LogP contribution in [0.25, 0.3) is 20.4 Å². The van der Waals surface area contributed by atoms with Crippen LogP contribution in [-0.4, -0.2) is 15.0 Å². The summed E-state index contributed by atoms with van der Waals surface area (Å²) in [4.78, 5) is 16.5. The average Bonchev–Trinajstić information content (AvgIpc) is 3.19.